The Bertz CT molecular complexity index is 1030. The van der Waals surface area contributed by atoms with Crippen molar-refractivity contribution in [3.05, 3.63) is 41.8 Å². The molecule has 0 bridgehead atoms. The molecule has 1 aromatic rings. The Morgan fingerprint density at radius 3 is 2.03 bits per heavy atom. The molecular formula is C24H34Cl4N3SZn-. The van der Waals surface area contributed by atoms with Crippen molar-refractivity contribution in [3.63, 3.8) is 0 Å². The second kappa shape index (κ2) is 14.4. The summed E-state index contributed by atoms with van der Waals surface area (Å²) >= 11 is 1.87. The minimum absolute atomic E-state index is 1.03. The monoisotopic (exact) mass is 600 g/mol. The van der Waals surface area contributed by atoms with E-state index in [4.69, 9.17) is 43.7 Å². The third kappa shape index (κ3) is 9.78. The van der Waals surface area contributed by atoms with E-state index in [2.05, 4.69) is 73.6 Å². The van der Waals surface area contributed by atoms with Crippen LogP contribution in [0.5, 0.6) is 0 Å². The van der Waals surface area contributed by atoms with Gasteiger partial charge in [-0.25, -0.2) is 9.56 Å². The number of hydrogen-bond donors (Lipinski definition) is 0. The van der Waals surface area contributed by atoms with Crippen LogP contribution in [0.15, 0.2) is 36.4 Å². The molecule has 33 heavy (non-hydrogen) atoms. The predicted octanol–water partition coefficient (Wildman–Crippen LogP) is 8.38. The molecule has 0 fully saturated rings. The number of aromatic nitrogens is 1. The number of unbranched alkanes of at least 4 members (excludes halogenated alkanes) is 2. The number of rotatable bonds is 9. The van der Waals surface area contributed by atoms with Crippen LogP contribution in [0.3, 0.4) is 0 Å². The summed E-state index contributed by atoms with van der Waals surface area (Å²) < 4.78 is 3.82. The Morgan fingerprint density at radius 1 is 0.879 bits per heavy atom. The van der Waals surface area contributed by atoms with Crippen LogP contribution in [-0.2, 0) is 10.8 Å². The quantitative estimate of drug-likeness (QED) is 0.139. The molecule has 0 atom stereocenters. The van der Waals surface area contributed by atoms with Crippen LogP contribution in [0.4, 0.5) is 5.69 Å². The number of hydrogen-bond acceptors (Lipinski definition) is 3. The summed E-state index contributed by atoms with van der Waals surface area (Å²) in [6.45, 7) is 13.3. The van der Waals surface area contributed by atoms with Gasteiger partial charge in [0, 0.05) is 43.8 Å². The van der Waals surface area contributed by atoms with Crippen LogP contribution >= 0.6 is 50.1 Å². The minimum atomic E-state index is -3.36. The SMILES string of the molecule is CCCC[N+](CCCC)=c1ccc2nc3ccc(N(CC)CC)cc3sc-2c1.[Cl][Zn-2]([Cl])([Cl])[Cl]. The summed E-state index contributed by atoms with van der Waals surface area (Å²) in [5.74, 6) is 0. The molecule has 0 unspecified atom stereocenters. The van der Waals surface area contributed by atoms with Gasteiger partial charge in [0.2, 0.25) is 5.36 Å². The van der Waals surface area contributed by atoms with Crippen LogP contribution in [0, 0.1) is 0 Å². The fourth-order valence-corrected chi connectivity index (χ4v) is 4.68. The molecule has 182 valence electrons. The topological polar surface area (TPSA) is 19.1 Å². The second-order valence-electron chi connectivity index (χ2n) is 7.99. The van der Waals surface area contributed by atoms with Crippen molar-refractivity contribution in [1.29, 1.82) is 0 Å². The van der Waals surface area contributed by atoms with Gasteiger partial charge in [-0.3, -0.25) is 0 Å². The average Bonchev–Trinajstić information content (AvgIpc) is 2.77. The first-order valence-electron chi connectivity index (χ1n) is 11.9. The zero-order valence-electron chi connectivity index (χ0n) is 20.1. The van der Waals surface area contributed by atoms with Gasteiger partial charge >= 0.3 is 49.6 Å². The van der Waals surface area contributed by atoms with Gasteiger partial charge < -0.3 is 4.90 Å². The Morgan fingerprint density at radius 2 is 1.48 bits per heavy atom. The van der Waals surface area contributed by atoms with Crippen molar-refractivity contribution < 1.29 is 10.8 Å². The van der Waals surface area contributed by atoms with Gasteiger partial charge in [-0.1, -0.05) is 26.7 Å². The second-order valence-corrected chi connectivity index (χ2v) is 36.8. The molecule has 1 aliphatic heterocycles. The summed E-state index contributed by atoms with van der Waals surface area (Å²) in [7, 11) is 16.8. The number of fused-ring (bicyclic) bond motifs is 2. The van der Waals surface area contributed by atoms with Gasteiger partial charge in [-0.15, -0.1) is 11.3 Å². The summed E-state index contributed by atoms with van der Waals surface area (Å²) in [5.41, 5.74) is 3.48. The van der Waals surface area contributed by atoms with Gasteiger partial charge in [0.05, 0.1) is 20.8 Å². The Hall–Kier alpha value is -0.157. The number of anilines is 1. The average molecular weight is 604 g/mol. The van der Waals surface area contributed by atoms with Crippen LogP contribution in [0.1, 0.15) is 53.4 Å². The van der Waals surface area contributed by atoms with E-state index in [1.165, 1.54) is 46.3 Å². The van der Waals surface area contributed by atoms with E-state index in [9.17, 15) is 0 Å². The summed E-state index contributed by atoms with van der Waals surface area (Å²) in [6.07, 6.45) is 4.96. The van der Waals surface area contributed by atoms with Crippen molar-refractivity contribution in [1.82, 2.24) is 9.56 Å². The van der Waals surface area contributed by atoms with Crippen LogP contribution in [0.2, 0.25) is 0 Å². The van der Waals surface area contributed by atoms with E-state index in [0.29, 0.717) is 0 Å². The fraction of sp³-hybridized carbons (Fsp3) is 0.500. The molecule has 1 aromatic carbocycles. The molecule has 2 aliphatic rings. The zero-order chi connectivity index (χ0) is 24.4. The molecule has 1 heterocycles. The first-order valence-corrected chi connectivity index (χ1v) is 28.4. The summed E-state index contributed by atoms with van der Waals surface area (Å²) in [5, 5.41) is 1.34. The van der Waals surface area contributed by atoms with Crippen molar-refractivity contribution in [2.45, 2.75) is 53.4 Å². The third-order valence-electron chi connectivity index (χ3n) is 5.40. The Balaban J connectivity index is 0.000000696. The van der Waals surface area contributed by atoms with Gasteiger partial charge in [0.25, 0.3) is 0 Å². The third-order valence-corrected chi connectivity index (χ3v) is 6.50. The van der Waals surface area contributed by atoms with Gasteiger partial charge in [-0.05, 0) is 38.1 Å². The first kappa shape index (κ1) is 29.1. The van der Waals surface area contributed by atoms with Gasteiger partial charge in [0.15, 0.2) is 0 Å². The molecular weight excluding hydrogens is 570 g/mol. The van der Waals surface area contributed by atoms with E-state index >= 15 is 0 Å². The maximum atomic E-state index is 5.05. The molecule has 0 aromatic heterocycles. The summed E-state index contributed by atoms with van der Waals surface area (Å²) in [4.78, 5) is 8.60. The molecule has 0 spiro atoms. The molecule has 0 radical (unpaired) electrons. The van der Waals surface area contributed by atoms with Crippen molar-refractivity contribution in [3.8, 4) is 10.6 Å². The predicted molar refractivity (Wildman–Crippen MR) is 148 cm³/mol. The number of nitrogens with zero attached hydrogens (tertiary/aromatic N) is 3. The van der Waals surface area contributed by atoms with E-state index in [1.54, 1.807) is 0 Å². The zero-order valence-corrected chi connectivity index (χ0v) is 26.9. The van der Waals surface area contributed by atoms with E-state index in [0.717, 1.165) is 37.4 Å². The van der Waals surface area contributed by atoms with Crippen LogP contribution in [-0.4, -0.2) is 31.2 Å². The first-order chi connectivity index (χ1) is 15.7. The summed E-state index contributed by atoms with van der Waals surface area (Å²) in [6, 6.07) is 13.5. The number of benzene rings is 2. The van der Waals surface area contributed by atoms with Crippen molar-refractivity contribution >= 4 is 66.0 Å². The van der Waals surface area contributed by atoms with E-state index < -0.39 is 10.8 Å². The molecule has 0 amide bonds. The molecule has 3 nitrogen and oxygen atoms in total. The Labute approximate surface area is 221 Å². The van der Waals surface area contributed by atoms with Gasteiger partial charge in [-0.2, -0.15) is 0 Å². The molecule has 0 saturated heterocycles. The molecule has 9 heteroatoms. The molecule has 3 rings (SSSR count). The van der Waals surface area contributed by atoms with Crippen LogP contribution < -0.4 is 14.8 Å². The number of halogens is 4. The Kier molecular flexibility index (Phi) is 12.7. The normalized spacial score (nSPS) is 11.4. The maximum absolute atomic E-state index is 5.05. The molecule has 0 N–H and O–H groups in total. The van der Waals surface area contributed by atoms with Crippen LogP contribution in [0.25, 0.3) is 20.8 Å². The van der Waals surface area contributed by atoms with E-state index in [-0.39, 0.29) is 0 Å². The molecule has 0 saturated carbocycles. The standard InChI is InChI=1S/C24H34N3S.4ClH.Zn/c1-5-9-15-27(16-10-6-2)20-12-14-22-24(18-20)28-23-17-19(26(7-3)8-4)11-13-21(23)25-22;;;;;/h11-14,17-18H,5-10,15-16H2,1-4H3;4*1H;/q+1;;;;;+2/p-4. The van der Waals surface area contributed by atoms with E-state index in [1.807, 2.05) is 11.3 Å². The molecule has 1 aliphatic carbocycles. The van der Waals surface area contributed by atoms with Gasteiger partial charge in [0.1, 0.15) is 13.1 Å². The van der Waals surface area contributed by atoms with Crippen molar-refractivity contribution in [2.75, 3.05) is 31.1 Å². The fourth-order valence-electron chi connectivity index (χ4n) is 3.65. The van der Waals surface area contributed by atoms with Crippen molar-refractivity contribution in [2.24, 2.45) is 0 Å².